The predicted molar refractivity (Wildman–Crippen MR) is 89.0 cm³/mol. The molecule has 0 atom stereocenters. The first kappa shape index (κ1) is 17.0. The number of hydrogen-bond acceptors (Lipinski definition) is 1. The zero-order chi connectivity index (χ0) is 15.9. The van der Waals surface area contributed by atoms with Gasteiger partial charge in [-0.05, 0) is 18.4 Å². The molecule has 4 nitrogen and oxygen atoms in total. The summed E-state index contributed by atoms with van der Waals surface area (Å²) in [5.74, 6) is 0.723. The number of hydrogen-bond donors (Lipinski definition) is 3. The molecule has 0 aromatic heterocycles. The summed E-state index contributed by atoms with van der Waals surface area (Å²) >= 11 is 0. The van der Waals surface area contributed by atoms with Crippen molar-refractivity contribution >= 4 is 5.91 Å². The van der Waals surface area contributed by atoms with Crippen molar-refractivity contribution in [1.82, 2.24) is 5.32 Å². The van der Waals surface area contributed by atoms with E-state index in [1.165, 1.54) is 16.0 Å². The third kappa shape index (κ3) is 5.43. The van der Waals surface area contributed by atoms with Crippen molar-refractivity contribution < 1.29 is 14.6 Å². The van der Waals surface area contributed by atoms with E-state index in [1.807, 2.05) is 0 Å². The summed E-state index contributed by atoms with van der Waals surface area (Å²) in [7, 11) is 0. The second-order valence-corrected chi connectivity index (χ2v) is 6.98. The van der Waals surface area contributed by atoms with Crippen LogP contribution in [0.3, 0.4) is 0 Å². The summed E-state index contributed by atoms with van der Waals surface area (Å²) in [6.07, 6.45) is 0. The molecule has 1 saturated heterocycles. The molecule has 2 rings (SSSR count). The summed E-state index contributed by atoms with van der Waals surface area (Å²) < 4.78 is 0. The van der Waals surface area contributed by atoms with Crippen LogP contribution < -0.4 is 15.1 Å². The van der Waals surface area contributed by atoms with Crippen LogP contribution in [-0.2, 0) is 11.3 Å². The van der Waals surface area contributed by atoms with Gasteiger partial charge in [0.15, 0.2) is 6.54 Å². The molecule has 1 heterocycles. The number of quaternary nitrogens is 2. The third-order valence-electron chi connectivity index (χ3n) is 4.48. The minimum absolute atomic E-state index is 0.200. The molecular weight excluding hydrogens is 274 g/mol. The Morgan fingerprint density at radius 2 is 1.77 bits per heavy atom. The van der Waals surface area contributed by atoms with Gasteiger partial charge in [0.05, 0.1) is 0 Å². The van der Waals surface area contributed by atoms with Crippen LogP contribution in [0, 0.1) is 12.8 Å². The number of carbonyl (C=O) groups is 1. The molecule has 1 aliphatic rings. The first-order valence-electron chi connectivity index (χ1n) is 8.53. The van der Waals surface area contributed by atoms with Gasteiger partial charge in [-0.1, -0.05) is 38.1 Å². The van der Waals surface area contributed by atoms with Crippen LogP contribution in [0.2, 0.25) is 0 Å². The number of aryl methyl sites for hydroxylation is 1. The highest BCUT2D eigenvalue weighted by Gasteiger charge is 2.25. The van der Waals surface area contributed by atoms with Gasteiger partial charge in [-0.3, -0.25) is 4.79 Å². The molecule has 0 unspecified atom stereocenters. The van der Waals surface area contributed by atoms with E-state index in [0.29, 0.717) is 12.5 Å². The maximum Gasteiger partial charge on any atom is 0.275 e. The van der Waals surface area contributed by atoms with E-state index in [0.717, 1.165) is 39.3 Å². The molecule has 1 aromatic carbocycles. The lowest BCUT2D eigenvalue weighted by Crippen LogP contribution is -3.28. The van der Waals surface area contributed by atoms with Gasteiger partial charge in [-0.25, -0.2) is 0 Å². The molecule has 1 aromatic rings. The lowest BCUT2D eigenvalue weighted by molar-refractivity contribution is -1.02. The zero-order valence-electron chi connectivity index (χ0n) is 14.2. The van der Waals surface area contributed by atoms with Gasteiger partial charge in [0, 0.05) is 12.1 Å². The molecule has 0 aliphatic carbocycles. The largest absolute Gasteiger partial charge is 0.351 e. The molecule has 0 saturated carbocycles. The Morgan fingerprint density at radius 1 is 1.14 bits per heavy atom. The van der Waals surface area contributed by atoms with Gasteiger partial charge >= 0.3 is 0 Å². The number of benzene rings is 1. The SMILES string of the molecule is Cc1ccccc1C[NH+]1CC[NH+](CC(=O)NCC(C)C)CC1. The molecular formula is C18H31N3O+2. The van der Waals surface area contributed by atoms with Gasteiger partial charge in [0.2, 0.25) is 0 Å². The van der Waals surface area contributed by atoms with E-state index in [9.17, 15) is 4.79 Å². The van der Waals surface area contributed by atoms with Crippen LogP contribution in [0.15, 0.2) is 24.3 Å². The van der Waals surface area contributed by atoms with Gasteiger partial charge in [-0.2, -0.15) is 0 Å². The Hall–Kier alpha value is -1.39. The number of piperazine rings is 1. The Morgan fingerprint density at radius 3 is 2.41 bits per heavy atom. The van der Waals surface area contributed by atoms with E-state index >= 15 is 0 Å². The van der Waals surface area contributed by atoms with Crippen molar-refractivity contribution in [3.05, 3.63) is 35.4 Å². The van der Waals surface area contributed by atoms with Gasteiger partial charge in [-0.15, -0.1) is 0 Å². The number of amides is 1. The topological polar surface area (TPSA) is 38.0 Å². The number of nitrogens with one attached hydrogen (secondary N) is 3. The molecule has 0 spiro atoms. The predicted octanol–water partition coefficient (Wildman–Crippen LogP) is -0.949. The Labute approximate surface area is 134 Å². The fourth-order valence-corrected chi connectivity index (χ4v) is 3.00. The molecule has 3 N–H and O–H groups in total. The number of carbonyl (C=O) groups excluding carboxylic acids is 1. The second kappa shape index (κ2) is 8.30. The summed E-state index contributed by atoms with van der Waals surface area (Å²) in [5, 5.41) is 3.02. The van der Waals surface area contributed by atoms with Gasteiger partial charge in [0.1, 0.15) is 32.7 Å². The van der Waals surface area contributed by atoms with Crippen LogP contribution >= 0.6 is 0 Å². The Bertz CT molecular complexity index is 479. The monoisotopic (exact) mass is 305 g/mol. The first-order valence-corrected chi connectivity index (χ1v) is 8.53. The van der Waals surface area contributed by atoms with Crippen LogP contribution in [-0.4, -0.2) is 45.2 Å². The second-order valence-electron chi connectivity index (χ2n) is 6.98. The average Bonchev–Trinajstić information content (AvgIpc) is 2.49. The molecule has 0 bridgehead atoms. The van der Waals surface area contributed by atoms with Crippen molar-refractivity contribution in [2.45, 2.75) is 27.3 Å². The van der Waals surface area contributed by atoms with Crippen molar-refractivity contribution in [2.24, 2.45) is 5.92 Å². The minimum atomic E-state index is 0.200. The quantitative estimate of drug-likeness (QED) is 0.623. The van der Waals surface area contributed by atoms with E-state index in [4.69, 9.17) is 0 Å². The van der Waals surface area contributed by atoms with Gasteiger partial charge < -0.3 is 15.1 Å². The maximum absolute atomic E-state index is 11.9. The fourth-order valence-electron chi connectivity index (χ4n) is 3.00. The molecule has 122 valence electrons. The summed E-state index contributed by atoms with van der Waals surface area (Å²) in [5.41, 5.74) is 2.84. The fraction of sp³-hybridized carbons (Fsp3) is 0.611. The van der Waals surface area contributed by atoms with Crippen molar-refractivity contribution in [2.75, 3.05) is 39.3 Å². The molecule has 0 radical (unpaired) electrons. The van der Waals surface area contributed by atoms with Crippen molar-refractivity contribution in [3.8, 4) is 0 Å². The Kier molecular flexibility index (Phi) is 6.40. The summed E-state index contributed by atoms with van der Waals surface area (Å²) in [6.45, 7) is 13.5. The van der Waals surface area contributed by atoms with E-state index in [-0.39, 0.29) is 5.91 Å². The van der Waals surface area contributed by atoms with Crippen LogP contribution in [0.4, 0.5) is 0 Å². The normalized spacial score (nSPS) is 21.8. The first-order chi connectivity index (χ1) is 10.5. The van der Waals surface area contributed by atoms with Crippen LogP contribution in [0.5, 0.6) is 0 Å². The van der Waals surface area contributed by atoms with E-state index < -0.39 is 0 Å². The summed E-state index contributed by atoms with van der Waals surface area (Å²) in [4.78, 5) is 15.0. The highest BCUT2D eigenvalue weighted by molar-refractivity contribution is 5.76. The minimum Gasteiger partial charge on any atom is -0.351 e. The van der Waals surface area contributed by atoms with Crippen molar-refractivity contribution in [3.63, 3.8) is 0 Å². The highest BCUT2D eigenvalue weighted by Crippen LogP contribution is 2.04. The lowest BCUT2D eigenvalue weighted by atomic mass is 10.1. The smallest absolute Gasteiger partial charge is 0.275 e. The molecule has 1 fully saturated rings. The maximum atomic E-state index is 11.9. The Balaban J connectivity index is 1.72. The zero-order valence-corrected chi connectivity index (χ0v) is 14.2. The molecule has 1 aliphatic heterocycles. The average molecular weight is 305 g/mol. The van der Waals surface area contributed by atoms with Crippen LogP contribution in [0.1, 0.15) is 25.0 Å². The standard InChI is InChI=1S/C18H29N3O/c1-15(2)12-19-18(22)14-21-10-8-20(9-11-21)13-17-7-5-4-6-16(17)3/h4-7,15H,8-14H2,1-3H3,(H,19,22)/p+2. The molecule has 22 heavy (non-hydrogen) atoms. The number of rotatable bonds is 6. The molecule has 1 amide bonds. The highest BCUT2D eigenvalue weighted by atomic mass is 16.2. The van der Waals surface area contributed by atoms with Crippen molar-refractivity contribution in [1.29, 1.82) is 0 Å². The van der Waals surface area contributed by atoms with Crippen LogP contribution in [0.25, 0.3) is 0 Å². The third-order valence-corrected chi connectivity index (χ3v) is 4.48. The summed E-state index contributed by atoms with van der Waals surface area (Å²) in [6, 6.07) is 8.66. The molecule has 4 heteroatoms. The van der Waals surface area contributed by atoms with E-state index in [2.05, 4.69) is 50.4 Å². The van der Waals surface area contributed by atoms with Gasteiger partial charge in [0.25, 0.3) is 5.91 Å². The van der Waals surface area contributed by atoms with E-state index in [1.54, 1.807) is 4.90 Å². The lowest BCUT2D eigenvalue weighted by Gasteiger charge is -2.29.